The lowest BCUT2D eigenvalue weighted by molar-refractivity contribution is 0.0988. The Balaban J connectivity index is 1.60. The lowest BCUT2D eigenvalue weighted by atomic mass is 10.0. The molecular weight excluding hydrogens is 359 g/mol. The van der Waals surface area contributed by atoms with E-state index in [-0.39, 0.29) is 18.8 Å². The molecule has 0 saturated heterocycles. The maximum atomic E-state index is 12.5. The summed E-state index contributed by atoms with van der Waals surface area (Å²) in [6.07, 6.45) is 3.31. The number of hydrogen-bond acceptors (Lipinski definition) is 6. The summed E-state index contributed by atoms with van der Waals surface area (Å²) in [5.41, 5.74) is 8.86. The minimum absolute atomic E-state index is 0.0273. The number of Topliss-reactive ketones (excluding diaryl/α,β-unsaturated/α-hetero) is 1. The average Bonchev–Trinajstić information content (AvgIpc) is 2.72. The third-order valence-corrected chi connectivity index (χ3v) is 4.05. The highest BCUT2D eigenvalue weighted by molar-refractivity contribution is 5.95. The molecule has 7 heteroatoms. The highest BCUT2D eigenvalue weighted by Gasteiger charge is 2.10. The lowest BCUT2D eigenvalue weighted by Crippen LogP contribution is -2.08. The van der Waals surface area contributed by atoms with Crippen LogP contribution in [0.15, 0.2) is 60.9 Å². The van der Waals surface area contributed by atoms with Gasteiger partial charge in [0.25, 0.3) is 0 Å². The van der Waals surface area contributed by atoms with Crippen LogP contribution < -0.4 is 15.8 Å². The normalized spacial score (nSPS) is 10.5. The largest absolute Gasteiger partial charge is 0.489 e. The summed E-state index contributed by atoms with van der Waals surface area (Å²) in [5.74, 6) is 0.787. The molecule has 2 heterocycles. The second-order valence-electron chi connectivity index (χ2n) is 6.13. The van der Waals surface area contributed by atoms with Crippen molar-refractivity contribution < 1.29 is 13.9 Å². The van der Waals surface area contributed by atoms with Gasteiger partial charge in [-0.05, 0) is 35.4 Å². The number of halogens is 1. The van der Waals surface area contributed by atoms with Gasteiger partial charge in [-0.3, -0.25) is 4.79 Å². The first-order valence-corrected chi connectivity index (χ1v) is 8.86. The molecule has 0 aliphatic heterocycles. The number of ether oxygens (including phenoxy) is 1. The third-order valence-electron chi connectivity index (χ3n) is 4.05. The van der Waals surface area contributed by atoms with E-state index in [4.69, 9.17) is 10.5 Å². The summed E-state index contributed by atoms with van der Waals surface area (Å²) in [4.78, 5) is 20.6. The molecule has 2 aromatic heterocycles. The number of aromatic nitrogens is 2. The number of ketones is 1. The van der Waals surface area contributed by atoms with E-state index in [9.17, 15) is 9.18 Å². The number of alkyl halides is 1. The first-order valence-electron chi connectivity index (χ1n) is 8.86. The number of rotatable bonds is 9. The summed E-state index contributed by atoms with van der Waals surface area (Å²) in [6.45, 7) is -0.0312. The number of hydrogen-bond donors (Lipinski definition) is 2. The van der Waals surface area contributed by atoms with Crippen LogP contribution in [0, 0.1) is 0 Å². The van der Waals surface area contributed by atoms with Crippen LogP contribution in [0.3, 0.4) is 0 Å². The van der Waals surface area contributed by atoms with Crippen LogP contribution in [0.1, 0.15) is 21.6 Å². The van der Waals surface area contributed by atoms with E-state index in [0.29, 0.717) is 23.8 Å². The van der Waals surface area contributed by atoms with Gasteiger partial charge in [-0.25, -0.2) is 14.4 Å². The molecule has 144 valence electrons. The zero-order valence-corrected chi connectivity index (χ0v) is 15.3. The van der Waals surface area contributed by atoms with E-state index in [2.05, 4.69) is 15.3 Å². The van der Waals surface area contributed by atoms with Gasteiger partial charge in [0.15, 0.2) is 5.78 Å². The molecule has 0 radical (unpaired) electrons. The Morgan fingerprint density at radius 1 is 1.11 bits per heavy atom. The van der Waals surface area contributed by atoms with Crippen molar-refractivity contribution in [2.24, 2.45) is 0 Å². The van der Waals surface area contributed by atoms with Crippen molar-refractivity contribution in [1.29, 1.82) is 0 Å². The van der Waals surface area contributed by atoms with Gasteiger partial charge in [0.1, 0.15) is 30.5 Å². The maximum Gasteiger partial charge on any atom is 0.185 e. The number of carbonyl (C=O) groups excluding carboxylic acids is 1. The minimum Gasteiger partial charge on any atom is -0.489 e. The molecule has 6 nitrogen and oxygen atoms in total. The van der Waals surface area contributed by atoms with Crippen LogP contribution in [0.25, 0.3) is 0 Å². The number of nitrogen functional groups attached to an aromatic ring is 1. The fraction of sp³-hybridized carbons (Fsp3) is 0.190. The highest BCUT2D eigenvalue weighted by atomic mass is 19.1. The molecule has 0 saturated carbocycles. The zero-order chi connectivity index (χ0) is 19.8. The Hall–Kier alpha value is -3.48. The quantitative estimate of drug-likeness (QED) is 0.553. The predicted octanol–water partition coefficient (Wildman–Crippen LogP) is 3.44. The van der Waals surface area contributed by atoms with Gasteiger partial charge in [0.05, 0.1) is 11.9 Å². The molecule has 0 spiro atoms. The molecule has 1 aromatic carbocycles. The van der Waals surface area contributed by atoms with Crippen molar-refractivity contribution in [2.75, 3.05) is 24.3 Å². The van der Waals surface area contributed by atoms with Crippen LogP contribution >= 0.6 is 0 Å². The van der Waals surface area contributed by atoms with Crippen LogP contribution in [0.2, 0.25) is 0 Å². The van der Waals surface area contributed by atoms with Gasteiger partial charge >= 0.3 is 0 Å². The van der Waals surface area contributed by atoms with Gasteiger partial charge in [-0.1, -0.05) is 24.3 Å². The summed E-state index contributed by atoms with van der Waals surface area (Å²) < 4.78 is 17.2. The van der Waals surface area contributed by atoms with E-state index < -0.39 is 6.67 Å². The van der Waals surface area contributed by atoms with Crippen molar-refractivity contribution in [3.8, 4) is 5.75 Å². The van der Waals surface area contributed by atoms with E-state index in [0.717, 1.165) is 16.8 Å². The molecule has 3 aromatic rings. The van der Waals surface area contributed by atoms with Gasteiger partial charge in [-0.15, -0.1) is 0 Å². The third kappa shape index (κ3) is 5.26. The van der Waals surface area contributed by atoms with Gasteiger partial charge in [0.2, 0.25) is 0 Å². The van der Waals surface area contributed by atoms with Crippen molar-refractivity contribution >= 4 is 17.3 Å². The molecule has 0 bridgehead atoms. The first kappa shape index (κ1) is 19.3. The van der Waals surface area contributed by atoms with E-state index in [1.54, 1.807) is 18.3 Å². The Morgan fingerprint density at radius 2 is 1.96 bits per heavy atom. The predicted molar refractivity (Wildman–Crippen MR) is 106 cm³/mol. The Labute approximate surface area is 162 Å². The smallest absolute Gasteiger partial charge is 0.185 e. The molecule has 3 N–H and O–H groups in total. The SMILES string of the molecule is Nc1ncccc1NCc1cccc(CC(=O)c2ccc(OCCF)cn2)c1. The second-order valence-corrected chi connectivity index (χ2v) is 6.13. The monoisotopic (exact) mass is 380 g/mol. The minimum atomic E-state index is -0.570. The Bertz CT molecular complexity index is 932. The summed E-state index contributed by atoms with van der Waals surface area (Å²) in [5, 5.41) is 3.24. The lowest BCUT2D eigenvalue weighted by Gasteiger charge is -2.09. The highest BCUT2D eigenvalue weighted by Crippen LogP contribution is 2.16. The van der Waals surface area contributed by atoms with Crippen molar-refractivity contribution in [2.45, 2.75) is 13.0 Å². The molecular formula is C21H21FN4O2. The molecule has 28 heavy (non-hydrogen) atoms. The van der Waals surface area contributed by atoms with Gasteiger partial charge in [-0.2, -0.15) is 0 Å². The number of pyridine rings is 2. The number of benzene rings is 1. The summed E-state index contributed by atoms with van der Waals surface area (Å²) in [6, 6.07) is 14.6. The van der Waals surface area contributed by atoms with E-state index in [1.165, 1.54) is 6.20 Å². The van der Waals surface area contributed by atoms with Crippen molar-refractivity contribution in [1.82, 2.24) is 9.97 Å². The van der Waals surface area contributed by atoms with E-state index >= 15 is 0 Å². The summed E-state index contributed by atoms with van der Waals surface area (Å²) in [7, 11) is 0. The zero-order valence-electron chi connectivity index (χ0n) is 15.3. The molecule has 0 aliphatic rings. The topological polar surface area (TPSA) is 90.1 Å². The number of anilines is 2. The molecule has 0 aliphatic carbocycles. The van der Waals surface area contributed by atoms with Crippen LogP contribution in [0.5, 0.6) is 5.75 Å². The molecule has 3 rings (SSSR count). The first-order chi connectivity index (χ1) is 13.7. The molecule has 0 amide bonds. The standard InChI is InChI=1S/C21H21FN4O2/c22-8-10-28-17-6-7-18(26-14-17)20(27)12-15-3-1-4-16(11-15)13-25-19-5-2-9-24-21(19)23/h1-7,9,11,14,25H,8,10,12-13H2,(H2,23,24). The van der Waals surface area contributed by atoms with Gasteiger partial charge in [0, 0.05) is 19.2 Å². The van der Waals surface area contributed by atoms with Crippen LogP contribution in [-0.2, 0) is 13.0 Å². The van der Waals surface area contributed by atoms with E-state index in [1.807, 2.05) is 36.4 Å². The Morgan fingerprint density at radius 3 is 2.71 bits per heavy atom. The van der Waals surface area contributed by atoms with Crippen LogP contribution in [0.4, 0.5) is 15.9 Å². The van der Waals surface area contributed by atoms with Gasteiger partial charge < -0.3 is 15.8 Å². The van der Waals surface area contributed by atoms with Crippen molar-refractivity contribution in [3.63, 3.8) is 0 Å². The Kier molecular flexibility index (Phi) is 6.51. The second kappa shape index (κ2) is 9.45. The summed E-state index contributed by atoms with van der Waals surface area (Å²) >= 11 is 0. The molecule has 0 atom stereocenters. The number of nitrogens with two attached hydrogens (primary N) is 1. The number of nitrogens with zero attached hydrogens (tertiary/aromatic N) is 2. The number of carbonyl (C=O) groups is 1. The fourth-order valence-corrected chi connectivity index (χ4v) is 2.68. The maximum absolute atomic E-state index is 12.5. The molecule has 0 unspecified atom stereocenters. The van der Waals surface area contributed by atoms with Crippen molar-refractivity contribution in [3.05, 3.63) is 77.7 Å². The average molecular weight is 380 g/mol. The fourth-order valence-electron chi connectivity index (χ4n) is 2.68. The van der Waals surface area contributed by atoms with Crippen LogP contribution in [-0.4, -0.2) is 29.0 Å². The number of nitrogens with one attached hydrogen (secondary N) is 1. The molecule has 0 fully saturated rings.